The summed E-state index contributed by atoms with van der Waals surface area (Å²) in [5.41, 5.74) is 5.03. The van der Waals surface area contributed by atoms with Crippen molar-refractivity contribution in [3.63, 3.8) is 0 Å². The Labute approximate surface area is 111 Å². The van der Waals surface area contributed by atoms with E-state index in [-0.39, 0.29) is 10.6 Å². The van der Waals surface area contributed by atoms with Gasteiger partial charge in [-0.1, -0.05) is 17.7 Å². The van der Waals surface area contributed by atoms with Crippen molar-refractivity contribution in [1.29, 1.82) is 0 Å². The largest absolute Gasteiger partial charge is 0.480 e. The summed E-state index contributed by atoms with van der Waals surface area (Å²) in [5.74, 6) is -5.67. The molecular weight excluding hydrogens is 285 g/mol. The van der Waals surface area contributed by atoms with E-state index in [0.717, 1.165) is 6.07 Å². The lowest BCUT2D eigenvalue weighted by molar-refractivity contribution is -0.159. The lowest BCUT2D eigenvalue weighted by Crippen LogP contribution is -2.22. The van der Waals surface area contributed by atoms with Crippen molar-refractivity contribution in [2.24, 2.45) is 5.73 Å². The van der Waals surface area contributed by atoms with Gasteiger partial charge in [-0.05, 0) is 12.1 Å². The summed E-state index contributed by atoms with van der Waals surface area (Å²) < 4.78 is 13.0. The molecule has 0 saturated heterocycles. The fourth-order valence-corrected chi connectivity index (χ4v) is 1.21. The third-order valence-corrected chi connectivity index (χ3v) is 2.09. The summed E-state index contributed by atoms with van der Waals surface area (Å²) in [5, 5.41) is 23.3. The van der Waals surface area contributed by atoms with Gasteiger partial charge >= 0.3 is 17.9 Å². The second kappa shape index (κ2) is 7.29. The highest BCUT2D eigenvalue weighted by molar-refractivity contribution is 6.31. The Bertz CT molecular complexity index is 475. The van der Waals surface area contributed by atoms with Crippen molar-refractivity contribution in [2.75, 3.05) is 0 Å². The van der Waals surface area contributed by atoms with Gasteiger partial charge in [0.25, 0.3) is 0 Å². The zero-order chi connectivity index (χ0) is 15.2. The Morgan fingerprint density at radius 1 is 1.16 bits per heavy atom. The molecule has 1 unspecified atom stereocenters. The molecule has 0 saturated carbocycles. The number of nitrogens with two attached hydrogens (primary N) is 1. The van der Waals surface area contributed by atoms with E-state index in [1.165, 1.54) is 12.1 Å². The van der Waals surface area contributed by atoms with Crippen LogP contribution in [-0.4, -0.2) is 33.2 Å². The molecule has 0 aliphatic heterocycles. The molecule has 0 spiro atoms. The lowest BCUT2D eigenvalue weighted by Gasteiger charge is -2.09. The summed E-state index contributed by atoms with van der Waals surface area (Å²) in [4.78, 5) is 28.7. The van der Waals surface area contributed by atoms with E-state index in [9.17, 15) is 9.18 Å². The van der Waals surface area contributed by atoms with Gasteiger partial charge in [0.1, 0.15) is 11.9 Å². The van der Waals surface area contributed by atoms with Crippen LogP contribution in [0, 0.1) is 5.82 Å². The number of halogens is 2. The van der Waals surface area contributed by atoms with Crippen LogP contribution in [0.1, 0.15) is 11.6 Å². The van der Waals surface area contributed by atoms with Crippen LogP contribution in [-0.2, 0) is 14.4 Å². The third-order valence-electron chi connectivity index (χ3n) is 1.76. The van der Waals surface area contributed by atoms with Gasteiger partial charge in [0.2, 0.25) is 0 Å². The van der Waals surface area contributed by atoms with Gasteiger partial charge < -0.3 is 21.1 Å². The summed E-state index contributed by atoms with van der Waals surface area (Å²) in [6.45, 7) is 0. The van der Waals surface area contributed by atoms with Crippen molar-refractivity contribution in [2.45, 2.75) is 6.04 Å². The number of carboxylic acid groups (broad SMARTS) is 3. The van der Waals surface area contributed by atoms with Crippen molar-refractivity contribution >= 4 is 29.5 Å². The van der Waals surface area contributed by atoms with Gasteiger partial charge in [0, 0.05) is 10.6 Å². The molecule has 1 aromatic carbocycles. The molecule has 19 heavy (non-hydrogen) atoms. The van der Waals surface area contributed by atoms with E-state index >= 15 is 0 Å². The van der Waals surface area contributed by atoms with E-state index < -0.39 is 29.8 Å². The lowest BCUT2D eigenvalue weighted by atomic mass is 10.1. The van der Waals surface area contributed by atoms with E-state index in [2.05, 4.69) is 0 Å². The molecule has 1 atom stereocenters. The predicted octanol–water partition coefficient (Wildman–Crippen LogP) is 0.719. The first-order valence-electron chi connectivity index (χ1n) is 4.57. The summed E-state index contributed by atoms with van der Waals surface area (Å²) in [6.07, 6.45) is 0. The van der Waals surface area contributed by atoms with E-state index in [4.69, 9.17) is 42.2 Å². The van der Waals surface area contributed by atoms with Gasteiger partial charge in [0.15, 0.2) is 0 Å². The molecule has 0 amide bonds. The molecule has 9 heteroatoms. The number of hydrogen-bond acceptors (Lipinski definition) is 4. The molecule has 0 heterocycles. The molecule has 0 aliphatic rings. The van der Waals surface area contributed by atoms with E-state index in [0.29, 0.717) is 0 Å². The average molecular weight is 294 g/mol. The molecule has 7 nitrogen and oxygen atoms in total. The summed E-state index contributed by atoms with van der Waals surface area (Å²) >= 11 is 5.59. The standard InChI is InChI=1S/C8H7ClFNO2.C2H2O4/c9-4-2-1-3-5(10)6(4)7(11)8(12)13;3-1(4)2(5)6/h1-3,7H,11H2,(H,12,13);(H,3,4)(H,5,6). The number of benzene rings is 1. The smallest absolute Gasteiger partial charge is 0.414 e. The molecule has 0 aliphatic carbocycles. The molecule has 1 aromatic rings. The number of carbonyl (C=O) groups is 3. The first kappa shape index (κ1) is 16.8. The van der Waals surface area contributed by atoms with Crippen LogP contribution in [0.5, 0.6) is 0 Å². The summed E-state index contributed by atoms with van der Waals surface area (Å²) in [6, 6.07) is 2.47. The monoisotopic (exact) mass is 293 g/mol. The second-order valence-electron chi connectivity index (χ2n) is 3.06. The predicted molar refractivity (Wildman–Crippen MR) is 61.2 cm³/mol. The highest BCUT2D eigenvalue weighted by atomic mass is 35.5. The minimum atomic E-state index is -1.82. The van der Waals surface area contributed by atoms with E-state index in [1.54, 1.807) is 0 Å². The molecule has 0 bridgehead atoms. The Hall–Kier alpha value is -2.19. The molecule has 0 radical (unpaired) electrons. The molecule has 0 aromatic heterocycles. The highest BCUT2D eigenvalue weighted by Crippen LogP contribution is 2.24. The van der Waals surface area contributed by atoms with Gasteiger partial charge in [-0.2, -0.15) is 0 Å². The number of hydrogen-bond donors (Lipinski definition) is 4. The number of rotatable bonds is 2. The fourth-order valence-electron chi connectivity index (χ4n) is 0.931. The van der Waals surface area contributed by atoms with Crippen LogP contribution in [0.15, 0.2) is 18.2 Å². The van der Waals surface area contributed by atoms with Crippen LogP contribution in [0.25, 0.3) is 0 Å². The Morgan fingerprint density at radius 2 is 1.63 bits per heavy atom. The first-order chi connectivity index (χ1) is 8.68. The number of carboxylic acids is 3. The van der Waals surface area contributed by atoms with Crippen molar-refractivity contribution in [1.82, 2.24) is 0 Å². The average Bonchev–Trinajstić information content (AvgIpc) is 2.29. The van der Waals surface area contributed by atoms with Crippen molar-refractivity contribution in [3.05, 3.63) is 34.6 Å². The molecule has 0 fully saturated rings. The fraction of sp³-hybridized carbons (Fsp3) is 0.100. The number of aliphatic carboxylic acids is 3. The van der Waals surface area contributed by atoms with Crippen LogP contribution in [0.3, 0.4) is 0 Å². The van der Waals surface area contributed by atoms with Crippen LogP contribution >= 0.6 is 11.6 Å². The first-order valence-corrected chi connectivity index (χ1v) is 4.94. The Morgan fingerprint density at radius 3 is 1.95 bits per heavy atom. The van der Waals surface area contributed by atoms with Crippen molar-refractivity contribution < 1.29 is 34.1 Å². The minimum Gasteiger partial charge on any atom is -0.480 e. The van der Waals surface area contributed by atoms with Gasteiger partial charge in [-0.3, -0.25) is 4.79 Å². The zero-order valence-electron chi connectivity index (χ0n) is 9.21. The van der Waals surface area contributed by atoms with Gasteiger partial charge in [0.05, 0.1) is 0 Å². The van der Waals surface area contributed by atoms with Crippen LogP contribution < -0.4 is 5.73 Å². The van der Waals surface area contributed by atoms with Gasteiger partial charge in [-0.15, -0.1) is 0 Å². The quantitative estimate of drug-likeness (QED) is 0.589. The SMILES string of the molecule is NC(C(=O)O)c1c(F)cccc1Cl.O=C(O)C(=O)O. The molecule has 104 valence electrons. The molecular formula is C10H9ClFNO6. The topological polar surface area (TPSA) is 138 Å². The molecule has 5 N–H and O–H groups in total. The zero-order valence-corrected chi connectivity index (χ0v) is 9.96. The summed E-state index contributed by atoms with van der Waals surface area (Å²) in [7, 11) is 0. The highest BCUT2D eigenvalue weighted by Gasteiger charge is 2.20. The second-order valence-corrected chi connectivity index (χ2v) is 3.47. The van der Waals surface area contributed by atoms with E-state index in [1.807, 2.05) is 0 Å². The van der Waals surface area contributed by atoms with Crippen molar-refractivity contribution in [3.8, 4) is 0 Å². The van der Waals surface area contributed by atoms with Gasteiger partial charge in [-0.25, -0.2) is 14.0 Å². The minimum absolute atomic E-state index is 0.0231. The van der Waals surface area contributed by atoms with Crippen LogP contribution in [0.2, 0.25) is 5.02 Å². The maximum atomic E-state index is 13.0. The molecule has 1 rings (SSSR count). The maximum Gasteiger partial charge on any atom is 0.414 e. The van der Waals surface area contributed by atoms with Crippen LogP contribution in [0.4, 0.5) is 4.39 Å². The maximum absolute atomic E-state index is 13.0. The normalized spacial score (nSPS) is 10.9. The third kappa shape index (κ3) is 5.32. The Kier molecular flexibility index (Phi) is 6.45. The Balaban J connectivity index is 0.000000459.